The van der Waals surface area contributed by atoms with Crippen molar-refractivity contribution in [1.82, 2.24) is 4.57 Å². The van der Waals surface area contributed by atoms with Gasteiger partial charge in [-0.05, 0) is 31.1 Å². The van der Waals surface area contributed by atoms with Gasteiger partial charge in [0, 0.05) is 12.5 Å². The summed E-state index contributed by atoms with van der Waals surface area (Å²) >= 11 is 0. The summed E-state index contributed by atoms with van der Waals surface area (Å²) in [5.41, 5.74) is 2.64. The lowest BCUT2D eigenvalue weighted by Crippen LogP contribution is -2.31. The average Bonchev–Trinajstić information content (AvgIpc) is 2.98. The Morgan fingerprint density at radius 3 is 2.48 bits per heavy atom. The molecule has 0 bridgehead atoms. The van der Waals surface area contributed by atoms with Gasteiger partial charge in [0.25, 0.3) is 6.33 Å². The van der Waals surface area contributed by atoms with Crippen LogP contribution in [0.3, 0.4) is 0 Å². The molecule has 0 radical (unpaired) electrons. The number of hydrogen-bond acceptors (Lipinski definition) is 3. The third kappa shape index (κ3) is 4.64. The monoisotopic (exact) mass is 313 g/mol. The smallest absolute Gasteiger partial charge is 0.333 e. The van der Waals surface area contributed by atoms with E-state index in [0.29, 0.717) is 18.7 Å². The Hall–Kier alpha value is -2.69. The maximum Gasteiger partial charge on any atom is 0.333 e. The van der Waals surface area contributed by atoms with Crippen molar-refractivity contribution in [2.45, 2.75) is 27.3 Å². The zero-order valence-corrected chi connectivity index (χ0v) is 13.7. The molecule has 120 valence electrons. The fourth-order valence-electron chi connectivity index (χ4n) is 2.16. The van der Waals surface area contributed by atoms with Crippen LogP contribution < -0.4 is 4.57 Å². The van der Waals surface area contributed by atoms with Crippen molar-refractivity contribution in [3.63, 3.8) is 0 Å². The Morgan fingerprint density at radius 2 is 1.91 bits per heavy atom. The van der Waals surface area contributed by atoms with Gasteiger partial charge < -0.3 is 4.74 Å². The summed E-state index contributed by atoms with van der Waals surface area (Å²) in [5, 5.41) is 0. The molecule has 0 saturated heterocycles. The highest BCUT2D eigenvalue weighted by atomic mass is 16.5. The molecule has 5 nitrogen and oxygen atoms in total. The molecule has 0 aliphatic rings. The molecular formula is C18H21N2O3+. The van der Waals surface area contributed by atoms with E-state index in [1.165, 1.54) is 6.92 Å². The van der Waals surface area contributed by atoms with Crippen LogP contribution >= 0.6 is 0 Å². The van der Waals surface area contributed by atoms with E-state index in [4.69, 9.17) is 4.74 Å². The van der Waals surface area contributed by atoms with Crippen molar-refractivity contribution in [1.29, 1.82) is 0 Å². The summed E-state index contributed by atoms with van der Waals surface area (Å²) in [7, 11) is 0. The minimum atomic E-state index is -0.294. The van der Waals surface area contributed by atoms with Gasteiger partial charge in [0.15, 0.2) is 0 Å². The third-order valence-electron chi connectivity index (χ3n) is 3.38. The molecule has 0 N–H and O–H groups in total. The average molecular weight is 313 g/mol. The molecule has 0 aliphatic carbocycles. The largest absolute Gasteiger partial charge is 0.463 e. The Kier molecular flexibility index (Phi) is 5.46. The predicted molar refractivity (Wildman–Crippen MR) is 86.8 cm³/mol. The van der Waals surface area contributed by atoms with Crippen LogP contribution in [0.2, 0.25) is 0 Å². The number of imidazole rings is 1. The molecule has 2 aromatic rings. The summed E-state index contributed by atoms with van der Waals surface area (Å²) in [6.45, 7) is 6.11. The van der Waals surface area contributed by atoms with Gasteiger partial charge in [-0.3, -0.25) is 0 Å². The van der Waals surface area contributed by atoms with Crippen molar-refractivity contribution in [2.75, 3.05) is 6.61 Å². The second-order valence-electron chi connectivity index (χ2n) is 5.30. The molecule has 0 saturated carbocycles. The lowest BCUT2D eigenvalue weighted by atomic mass is 10.1. The fourth-order valence-corrected chi connectivity index (χ4v) is 2.16. The molecule has 0 unspecified atom stereocenters. The summed E-state index contributed by atoms with van der Waals surface area (Å²) in [6.07, 6.45) is 7.17. The normalized spacial score (nSPS) is 11.3. The van der Waals surface area contributed by atoms with Crippen molar-refractivity contribution >= 4 is 18.0 Å². The van der Waals surface area contributed by atoms with Crippen molar-refractivity contribution < 1.29 is 18.9 Å². The first-order valence-corrected chi connectivity index (χ1v) is 7.52. The second kappa shape index (κ2) is 7.54. The molecule has 0 fully saturated rings. The molecule has 1 aromatic heterocycles. The first kappa shape index (κ1) is 16.7. The molecule has 5 heteroatoms. The second-order valence-corrected chi connectivity index (χ2v) is 5.30. The van der Waals surface area contributed by atoms with Gasteiger partial charge in [-0.2, -0.15) is 4.57 Å². The fraction of sp³-hybridized carbons (Fsp3) is 0.278. The standard InChI is InChI=1S/C18H21N2O3/c1-4-23-18(22)14(2)11-16-5-7-17(8-6-16)12-19-9-10-20(13-19)15(3)21/h5-11,13H,4,12H2,1-3H3/q+1. The maximum atomic E-state index is 11.6. The van der Waals surface area contributed by atoms with Crippen LogP contribution in [-0.2, 0) is 16.1 Å². The zero-order valence-electron chi connectivity index (χ0n) is 13.7. The van der Waals surface area contributed by atoms with Crippen LogP contribution in [0.5, 0.6) is 0 Å². The van der Waals surface area contributed by atoms with Crippen molar-refractivity contribution in [3.8, 4) is 0 Å². The lowest BCUT2D eigenvalue weighted by molar-refractivity contribution is -0.687. The Bertz CT molecular complexity index is 727. The number of nitrogens with zero attached hydrogens (tertiary/aromatic N) is 2. The van der Waals surface area contributed by atoms with E-state index in [1.807, 2.05) is 35.0 Å². The topological polar surface area (TPSA) is 52.2 Å². The highest BCUT2D eigenvalue weighted by molar-refractivity contribution is 5.92. The highest BCUT2D eigenvalue weighted by Crippen LogP contribution is 2.10. The highest BCUT2D eigenvalue weighted by Gasteiger charge is 2.08. The number of ether oxygens (including phenoxy) is 1. The third-order valence-corrected chi connectivity index (χ3v) is 3.38. The van der Waals surface area contributed by atoms with E-state index < -0.39 is 0 Å². The molecule has 0 amide bonds. The Balaban J connectivity index is 2.05. The Morgan fingerprint density at radius 1 is 1.22 bits per heavy atom. The number of esters is 1. The van der Waals surface area contributed by atoms with Gasteiger partial charge in [0.1, 0.15) is 18.9 Å². The van der Waals surface area contributed by atoms with Gasteiger partial charge in [-0.15, -0.1) is 0 Å². The van der Waals surface area contributed by atoms with E-state index in [2.05, 4.69) is 0 Å². The number of aromatic nitrogens is 2. The van der Waals surface area contributed by atoms with Crippen LogP contribution in [0.15, 0.2) is 48.6 Å². The van der Waals surface area contributed by atoms with Crippen LogP contribution in [0.25, 0.3) is 6.08 Å². The molecular weight excluding hydrogens is 292 g/mol. The van der Waals surface area contributed by atoms with E-state index in [9.17, 15) is 9.59 Å². The van der Waals surface area contributed by atoms with Crippen molar-refractivity contribution in [3.05, 3.63) is 59.7 Å². The molecule has 0 atom stereocenters. The van der Waals surface area contributed by atoms with E-state index >= 15 is 0 Å². The Labute approximate surface area is 135 Å². The zero-order chi connectivity index (χ0) is 16.8. The summed E-state index contributed by atoms with van der Waals surface area (Å²) in [6, 6.07) is 7.92. The first-order chi connectivity index (χ1) is 11.0. The summed E-state index contributed by atoms with van der Waals surface area (Å²) in [5.74, 6) is -0.309. The molecule has 2 rings (SSSR count). The number of benzene rings is 1. The first-order valence-electron chi connectivity index (χ1n) is 7.52. The summed E-state index contributed by atoms with van der Waals surface area (Å²) < 4.78 is 8.44. The molecule has 23 heavy (non-hydrogen) atoms. The van der Waals surface area contributed by atoms with E-state index in [-0.39, 0.29) is 11.9 Å². The molecule has 1 heterocycles. The van der Waals surface area contributed by atoms with Gasteiger partial charge in [-0.1, -0.05) is 24.3 Å². The summed E-state index contributed by atoms with van der Waals surface area (Å²) in [4.78, 5) is 22.9. The number of rotatable bonds is 5. The number of carbonyl (C=O) groups excluding carboxylic acids is 2. The maximum absolute atomic E-state index is 11.6. The number of hydrogen-bond donors (Lipinski definition) is 0. The van der Waals surface area contributed by atoms with Gasteiger partial charge in [-0.25, -0.2) is 14.2 Å². The minimum absolute atomic E-state index is 0.0151. The van der Waals surface area contributed by atoms with Crippen LogP contribution in [0, 0.1) is 0 Å². The van der Waals surface area contributed by atoms with Gasteiger partial charge in [0.05, 0.1) is 6.61 Å². The number of carbonyl (C=O) groups is 2. The van der Waals surface area contributed by atoms with E-state index in [0.717, 1.165) is 11.1 Å². The SMILES string of the molecule is CCOC(=O)C(C)=Cc1ccc(C[n+]2ccn(C(C)=O)c2)cc1. The molecule has 1 aromatic carbocycles. The van der Waals surface area contributed by atoms with Crippen LogP contribution in [0.1, 0.15) is 36.7 Å². The van der Waals surface area contributed by atoms with Crippen molar-refractivity contribution in [2.24, 2.45) is 0 Å². The van der Waals surface area contributed by atoms with Crippen LogP contribution in [-0.4, -0.2) is 23.1 Å². The molecule has 0 aliphatic heterocycles. The lowest BCUT2D eigenvalue weighted by Gasteiger charge is -2.03. The quantitative estimate of drug-likeness (QED) is 0.484. The van der Waals surface area contributed by atoms with E-state index in [1.54, 1.807) is 37.0 Å². The van der Waals surface area contributed by atoms with Gasteiger partial charge in [0.2, 0.25) is 0 Å². The van der Waals surface area contributed by atoms with Gasteiger partial charge >= 0.3 is 11.9 Å². The predicted octanol–water partition coefficient (Wildman–Crippen LogP) is 2.45. The molecule has 0 spiro atoms. The minimum Gasteiger partial charge on any atom is -0.463 e. The van der Waals surface area contributed by atoms with Crippen LogP contribution in [0.4, 0.5) is 0 Å².